The van der Waals surface area contributed by atoms with E-state index in [1.54, 1.807) is 31.4 Å². The summed E-state index contributed by atoms with van der Waals surface area (Å²) in [6.07, 6.45) is 8.25. The minimum atomic E-state index is -0.190. The third-order valence-corrected chi connectivity index (χ3v) is 10.4. The van der Waals surface area contributed by atoms with E-state index in [0.717, 1.165) is 24.8 Å². The molecule has 3 aliphatic carbocycles. The highest BCUT2D eigenvalue weighted by molar-refractivity contribution is 5.88. The number of fused-ring (bicyclic) bond motifs is 6. The van der Waals surface area contributed by atoms with Crippen LogP contribution in [0.2, 0.25) is 0 Å². The Hall–Kier alpha value is -4.46. The van der Waals surface area contributed by atoms with Crippen molar-refractivity contribution >= 4 is 16.9 Å². The molecule has 2 N–H and O–H groups in total. The number of phenols is 2. The Bertz CT molecular complexity index is 1770. The molecule has 0 saturated heterocycles. The van der Waals surface area contributed by atoms with Crippen molar-refractivity contribution in [1.82, 2.24) is 0 Å². The zero-order valence-electron chi connectivity index (χ0n) is 26.2. The number of aromatic hydroxyl groups is 2. The Kier molecular flexibility index (Phi) is 8.25. The van der Waals surface area contributed by atoms with Gasteiger partial charge in [-0.1, -0.05) is 25.1 Å². The van der Waals surface area contributed by atoms with E-state index in [4.69, 9.17) is 18.6 Å². The lowest BCUT2D eigenvalue weighted by Crippen LogP contribution is -2.45. The van der Waals surface area contributed by atoms with Crippen LogP contribution in [0.5, 0.6) is 23.0 Å². The van der Waals surface area contributed by atoms with Gasteiger partial charge in [0.05, 0.1) is 25.2 Å². The molecule has 2 fully saturated rings. The lowest BCUT2D eigenvalue weighted by Gasteiger charge is -2.50. The van der Waals surface area contributed by atoms with Crippen LogP contribution in [0.15, 0.2) is 70.1 Å². The van der Waals surface area contributed by atoms with Gasteiger partial charge in [-0.3, -0.25) is 9.59 Å². The SMILES string of the molecule is CC(=O)OC1CCC2C3CCc4cc(O)ccc4C3CCC12C.COc1ccc(-c2coc3c(OC)c(O)ccc3c2=O)cc1. The van der Waals surface area contributed by atoms with E-state index >= 15 is 0 Å². The molecule has 0 spiro atoms. The summed E-state index contributed by atoms with van der Waals surface area (Å²) in [5.74, 6) is 3.02. The number of carbonyl (C=O) groups excluding carboxylic acids is 1. The second kappa shape index (κ2) is 12.1. The Balaban J connectivity index is 0.000000159. The van der Waals surface area contributed by atoms with Crippen LogP contribution in [-0.2, 0) is 16.0 Å². The van der Waals surface area contributed by atoms with Crippen LogP contribution in [0.1, 0.15) is 63.0 Å². The van der Waals surface area contributed by atoms with E-state index < -0.39 is 0 Å². The Morgan fingerprint density at radius 1 is 0.956 bits per heavy atom. The fourth-order valence-electron chi connectivity index (χ4n) is 8.25. The van der Waals surface area contributed by atoms with Gasteiger partial charge in [-0.05, 0) is 109 Å². The van der Waals surface area contributed by atoms with E-state index in [0.29, 0.717) is 40.2 Å². The minimum Gasteiger partial charge on any atom is -0.508 e. The van der Waals surface area contributed by atoms with Crippen molar-refractivity contribution in [2.45, 2.75) is 64.4 Å². The fourth-order valence-corrected chi connectivity index (χ4v) is 8.25. The quantitative estimate of drug-likeness (QED) is 0.230. The molecule has 1 aromatic heterocycles. The number of esters is 1. The van der Waals surface area contributed by atoms with Gasteiger partial charge in [0, 0.05) is 12.3 Å². The van der Waals surface area contributed by atoms with Gasteiger partial charge in [0.25, 0.3) is 0 Å². The molecule has 1 heterocycles. The van der Waals surface area contributed by atoms with Crippen LogP contribution >= 0.6 is 0 Å². The number of ether oxygens (including phenoxy) is 3. The highest BCUT2D eigenvalue weighted by Crippen LogP contribution is 2.61. The Morgan fingerprint density at radius 2 is 1.73 bits per heavy atom. The van der Waals surface area contributed by atoms with Gasteiger partial charge in [0.2, 0.25) is 11.2 Å². The van der Waals surface area contributed by atoms with Crippen LogP contribution < -0.4 is 14.9 Å². The summed E-state index contributed by atoms with van der Waals surface area (Å²) < 4.78 is 21.4. The number of hydrogen-bond donors (Lipinski definition) is 2. The van der Waals surface area contributed by atoms with Crippen molar-refractivity contribution in [1.29, 1.82) is 0 Å². The fraction of sp³-hybridized carbons (Fsp3) is 0.405. The molecule has 0 amide bonds. The standard InChI is InChI=1S/C20H26O3.C17H14O5/c1-12(21)23-19-8-7-18-17-5-3-13-11-14(22)4-6-15(13)16(17)9-10-20(18,19)2;1-20-11-5-3-10(4-6-11)13-9-22-16-12(15(13)19)7-8-14(18)17(16)21-2/h4,6,11,16-19,22H,3,5,7-10H2,1-2H3;3-9,18H,1-2H3. The van der Waals surface area contributed by atoms with Crippen molar-refractivity contribution in [3.05, 3.63) is 82.2 Å². The molecule has 45 heavy (non-hydrogen) atoms. The first-order chi connectivity index (χ1) is 21.6. The summed E-state index contributed by atoms with van der Waals surface area (Å²) in [7, 11) is 2.99. The average molecular weight is 613 g/mol. The largest absolute Gasteiger partial charge is 0.508 e. The topological polar surface area (TPSA) is 115 Å². The summed E-state index contributed by atoms with van der Waals surface area (Å²) in [4.78, 5) is 24.1. The van der Waals surface area contributed by atoms with Gasteiger partial charge in [0.15, 0.2) is 11.3 Å². The number of rotatable bonds is 4. The Morgan fingerprint density at radius 3 is 2.44 bits per heavy atom. The summed E-state index contributed by atoms with van der Waals surface area (Å²) in [6.45, 7) is 3.88. The molecule has 2 saturated carbocycles. The number of hydrogen-bond acceptors (Lipinski definition) is 8. The van der Waals surface area contributed by atoms with E-state index in [1.165, 1.54) is 62.8 Å². The number of aryl methyl sites for hydroxylation is 1. The molecular weight excluding hydrogens is 572 g/mol. The molecule has 3 aliphatic rings. The summed E-state index contributed by atoms with van der Waals surface area (Å²) in [5, 5.41) is 19.8. The monoisotopic (exact) mass is 612 g/mol. The molecule has 0 bridgehead atoms. The predicted molar refractivity (Wildman–Crippen MR) is 171 cm³/mol. The molecule has 3 aromatic carbocycles. The van der Waals surface area contributed by atoms with Crippen LogP contribution in [0, 0.1) is 17.3 Å². The number of methoxy groups -OCH3 is 2. The molecule has 5 unspecified atom stereocenters. The number of phenolic OH excluding ortho intramolecular Hbond substituents is 2. The van der Waals surface area contributed by atoms with E-state index in [2.05, 4.69) is 13.0 Å². The van der Waals surface area contributed by atoms with Crippen LogP contribution in [-0.4, -0.2) is 36.5 Å². The third kappa shape index (κ3) is 5.51. The maximum atomic E-state index is 12.6. The first-order valence-electron chi connectivity index (χ1n) is 15.6. The van der Waals surface area contributed by atoms with E-state index in [-0.39, 0.29) is 40.0 Å². The molecule has 236 valence electrons. The smallest absolute Gasteiger partial charge is 0.302 e. The van der Waals surface area contributed by atoms with E-state index in [1.807, 2.05) is 12.1 Å². The van der Waals surface area contributed by atoms with Gasteiger partial charge < -0.3 is 28.8 Å². The zero-order chi connectivity index (χ0) is 31.9. The van der Waals surface area contributed by atoms with Crippen LogP contribution in [0.4, 0.5) is 0 Å². The maximum Gasteiger partial charge on any atom is 0.302 e. The molecule has 8 nitrogen and oxygen atoms in total. The molecule has 5 atom stereocenters. The third-order valence-electron chi connectivity index (χ3n) is 10.4. The van der Waals surface area contributed by atoms with Crippen molar-refractivity contribution in [3.8, 4) is 34.1 Å². The molecule has 7 rings (SSSR count). The van der Waals surface area contributed by atoms with Crippen molar-refractivity contribution < 1.29 is 33.6 Å². The highest BCUT2D eigenvalue weighted by Gasteiger charge is 2.56. The van der Waals surface area contributed by atoms with Crippen molar-refractivity contribution in [3.63, 3.8) is 0 Å². The molecule has 0 radical (unpaired) electrons. The lowest BCUT2D eigenvalue weighted by molar-refractivity contribution is -0.154. The minimum absolute atomic E-state index is 0.0738. The summed E-state index contributed by atoms with van der Waals surface area (Å²) >= 11 is 0. The van der Waals surface area contributed by atoms with Gasteiger partial charge in [-0.25, -0.2) is 0 Å². The van der Waals surface area contributed by atoms with Gasteiger partial charge in [-0.2, -0.15) is 0 Å². The average Bonchev–Trinajstić information content (AvgIpc) is 3.36. The lowest BCUT2D eigenvalue weighted by atomic mass is 9.55. The van der Waals surface area contributed by atoms with Crippen molar-refractivity contribution in [2.24, 2.45) is 17.3 Å². The first-order valence-corrected chi connectivity index (χ1v) is 15.6. The zero-order valence-corrected chi connectivity index (χ0v) is 26.2. The number of benzene rings is 3. The highest BCUT2D eigenvalue weighted by atomic mass is 16.5. The predicted octanol–water partition coefficient (Wildman–Crippen LogP) is 7.36. The Labute approximate surface area is 262 Å². The first kappa shape index (κ1) is 30.6. The van der Waals surface area contributed by atoms with E-state index in [9.17, 15) is 19.8 Å². The number of carbonyl (C=O) groups is 1. The second-order valence-corrected chi connectivity index (χ2v) is 12.7. The molecule has 4 aromatic rings. The summed E-state index contributed by atoms with van der Waals surface area (Å²) in [6, 6.07) is 16.0. The summed E-state index contributed by atoms with van der Waals surface area (Å²) in [5.41, 5.74) is 4.14. The normalized spacial score (nSPS) is 24.8. The molecule has 0 aliphatic heterocycles. The van der Waals surface area contributed by atoms with Crippen LogP contribution in [0.25, 0.3) is 22.1 Å². The van der Waals surface area contributed by atoms with Gasteiger partial charge >= 0.3 is 5.97 Å². The molecular formula is C37H40O8. The van der Waals surface area contributed by atoms with Crippen molar-refractivity contribution in [2.75, 3.05) is 14.2 Å². The molecule has 8 heteroatoms. The van der Waals surface area contributed by atoms with Crippen LogP contribution in [0.3, 0.4) is 0 Å². The second-order valence-electron chi connectivity index (χ2n) is 12.7. The maximum absolute atomic E-state index is 12.6. The van der Waals surface area contributed by atoms with Gasteiger partial charge in [-0.15, -0.1) is 0 Å². The van der Waals surface area contributed by atoms with Gasteiger partial charge in [0.1, 0.15) is 23.9 Å².